The predicted molar refractivity (Wildman–Crippen MR) is 74.7 cm³/mol. The van der Waals surface area contributed by atoms with Gasteiger partial charge in [0.05, 0.1) is 0 Å². The highest BCUT2D eigenvalue weighted by Gasteiger charge is 2.34. The lowest BCUT2D eigenvalue weighted by Crippen LogP contribution is -2.42. The van der Waals surface area contributed by atoms with Crippen LogP contribution in [-0.4, -0.2) is 26.3 Å². The lowest BCUT2D eigenvalue weighted by atomic mass is 9.73. The molecule has 104 valence electrons. The molecule has 1 heterocycles. The second-order valence-electron chi connectivity index (χ2n) is 5.61. The molecule has 0 radical (unpaired) electrons. The van der Waals surface area contributed by atoms with E-state index in [9.17, 15) is 0 Å². The van der Waals surface area contributed by atoms with Crippen LogP contribution in [-0.2, 0) is 0 Å². The van der Waals surface area contributed by atoms with Crippen molar-refractivity contribution in [2.24, 2.45) is 11.7 Å². The van der Waals surface area contributed by atoms with Gasteiger partial charge in [-0.05, 0) is 56.0 Å². The van der Waals surface area contributed by atoms with E-state index in [4.69, 9.17) is 15.2 Å². The van der Waals surface area contributed by atoms with Crippen LogP contribution in [0.2, 0.25) is 0 Å². The first-order valence-corrected chi connectivity index (χ1v) is 7.02. The van der Waals surface area contributed by atoms with Crippen LogP contribution in [0.5, 0.6) is 11.5 Å². The summed E-state index contributed by atoms with van der Waals surface area (Å²) in [6, 6.07) is 4.95. The third-order valence-corrected chi connectivity index (χ3v) is 4.26. The summed E-state index contributed by atoms with van der Waals surface area (Å²) in [6.45, 7) is 3.41. The van der Waals surface area contributed by atoms with E-state index in [0.717, 1.165) is 24.3 Å². The van der Waals surface area contributed by atoms with Crippen molar-refractivity contribution in [3.63, 3.8) is 0 Å². The van der Waals surface area contributed by atoms with Crippen molar-refractivity contribution in [1.29, 1.82) is 0 Å². The molecular weight excluding hydrogens is 240 g/mol. The van der Waals surface area contributed by atoms with Crippen LogP contribution in [0.3, 0.4) is 0 Å². The SMILES string of the molecule is CNC(c1cc2c(cc1C)OCCO2)C1CC(N)C1. The van der Waals surface area contributed by atoms with Gasteiger partial charge in [-0.1, -0.05) is 0 Å². The lowest BCUT2D eigenvalue weighted by Gasteiger charge is -2.39. The summed E-state index contributed by atoms with van der Waals surface area (Å²) in [4.78, 5) is 0. The van der Waals surface area contributed by atoms with Gasteiger partial charge in [-0.25, -0.2) is 0 Å². The number of rotatable bonds is 3. The summed E-state index contributed by atoms with van der Waals surface area (Å²) in [6.07, 6.45) is 2.19. The summed E-state index contributed by atoms with van der Waals surface area (Å²) in [7, 11) is 2.02. The first-order valence-electron chi connectivity index (χ1n) is 7.02. The van der Waals surface area contributed by atoms with Gasteiger partial charge in [0.2, 0.25) is 0 Å². The average Bonchev–Trinajstić information content (AvgIpc) is 2.38. The summed E-state index contributed by atoms with van der Waals surface area (Å²) in [5.74, 6) is 2.37. The van der Waals surface area contributed by atoms with Crippen LogP contribution < -0.4 is 20.5 Å². The highest BCUT2D eigenvalue weighted by atomic mass is 16.6. The predicted octanol–water partition coefficient (Wildman–Crippen LogP) is 1.76. The molecule has 0 spiro atoms. The summed E-state index contributed by atoms with van der Waals surface area (Å²) in [5, 5.41) is 3.44. The molecule has 0 amide bonds. The molecule has 1 aromatic rings. The maximum absolute atomic E-state index is 5.92. The quantitative estimate of drug-likeness (QED) is 0.871. The zero-order valence-electron chi connectivity index (χ0n) is 11.6. The van der Waals surface area contributed by atoms with E-state index in [1.54, 1.807) is 0 Å². The van der Waals surface area contributed by atoms with Crippen molar-refractivity contribution in [2.75, 3.05) is 20.3 Å². The Balaban J connectivity index is 1.90. The zero-order chi connectivity index (χ0) is 13.4. The number of benzene rings is 1. The van der Waals surface area contributed by atoms with Crippen LogP contribution >= 0.6 is 0 Å². The molecule has 1 saturated carbocycles. The first kappa shape index (κ1) is 12.8. The van der Waals surface area contributed by atoms with Crippen LogP contribution in [0, 0.1) is 12.8 Å². The molecular formula is C15H22N2O2. The lowest BCUT2D eigenvalue weighted by molar-refractivity contribution is 0.169. The number of fused-ring (bicyclic) bond motifs is 1. The summed E-state index contributed by atoms with van der Waals surface area (Å²) >= 11 is 0. The third kappa shape index (κ3) is 2.30. The Kier molecular flexibility index (Phi) is 3.37. The number of ether oxygens (including phenoxy) is 2. The van der Waals surface area contributed by atoms with E-state index in [2.05, 4.69) is 24.4 Å². The standard InChI is InChI=1S/C15H22N2O2/c1-9-5-13-14(19-4-3-18-13)8-12(9)15(17-2)10-6-11(16)7-10/h5,8,10-11,15,17H,3-4,6-7,16H2,1-2H3. The molecule has 1 fully saturated rings. The van der Waals surface area contributed by atoms with E-state index in [1.165, 1.54) is 11.1 Å². The van der Waals surface area contributed by atoms with Gasteiger partial charge in [0.1, 0.15) is 13.2 Å². The van der Waals surface area contributed by atoms with Gasteiger partial charge in [-0.15, -0.1) is 0 Å². The Labute approximate surface area is 114 Å². The normalized spacial score (nSPS) is 26.7. The first-order chi connectivity index (χ1) is 9.19. The van der Waals surface area contributed by atoms with Crippen molar-refractivity contribution in [3.05, 3.63) is 23.3 Å². The van der Waals surface area contributed by atoms with Gasteiger partial charge in [0.25, 0.3) is 0 Å². The fourth-order valence-corrected chi connectivity index (χ4v) is 3.17. The minimum absolute atomic E-state index is 0.357. The van der Waals surface area contributed by atoms with Crippen molar-refractivity contribution < 1.29 is 9.47 Å². The topological polar surface area (TPSA) is 56.5 Å². The smallest absolute Gasteiger partial charge is 0.161 e. The maximum atomic E-state index is 5.92. The molecule has 2 aliphatic rings. The Hall–Kier alpha value is -1.26. The minimum atomic E-state index is 0.357. The molecule has 0 saturated heterocycles. The number of hydrogen-bond acceptors (Lipinski definition) is 4. The molecule has 1 aromatic carbocycles. The number of aryl methyl sites for hydroxylation is 1. The van der Waals surface area contributed by atoms with E-state index < -0.39 is 0 Å². The molecule has 3 N–H and O–H groups in total. The molecule has 4 heteroatoms. The highest BCUT2D eigenvalue weighted by molar-refractivity contribution is 5.49. The number of nitrogens with one attached hydrogen (secondary N) is 1. The van der Waals surface area contributed by atoms with Crippen molar-refractivity contribution >= 4 is 0 Å². The Morgan fingerprint density at radius 3 is 2.42 bits per heavy atom. The molecule has 0 aromatic heterocycles. The van der Waals surface area contributed by atoms with E-state index >= 15 is 0 Å². The van der Waals surface area contributed by atoms with Crippen molar-refractivity contribution in [1.82, 2.24) is 5.32 Å². The van der Waals surface area contributed by atoms with Crippen LogP contribution in [0.25, 0.3) is 0 Å². The molecule has 1 unspecified atom stereocenters. The average molecular weight is 262 g/mol. The number of hydrogen-bond donors (Lipinski definition) is 2. The highest BCUT2D eigenvalue weighted by Crippen LogP contribution is 2.41. The Morgan fingerprint density at radius 2 is 1.84 bits per heavy atom. The van der Waals surface area contributed by atoms with Crippen LogP contribution in [0.4, 0.5) is 0 Å². The molecule has 1 atom stereocenters. The molecule has 19 heavy (non-hydrogen) atoms. The van der Waals surface area contributed by atoms with Crippen molar-refractivity contribution in [2.45, 2.75) is 31.8 Å². The van der Waals surface area contributed by atoms with Crippen LogP contribution in [0.1, 0.15) is 30.0 Å². The van der Waals surface area contributed by atoms with Gasteiger partial charge in [0, 0.05) is 12.1 Å². The van der Waals surface area contributed by atoms with Gasteiger partial charge < -0.3 is 20.5 Å². The third-order valence-electron chi connectivity index (χ3n) is 4.26. The molecule has 3 rings (SSSR count). The largest absolute Gasteiger partial charge is 0.486 e. The van der Waals surface area contributed by atoms with E-state index in [1.807, 2.05) is 7.05 Å². The Bertz CT molecular complexity index is 469. The second kappa shape index (κ2) is 5.02. The summed E-state index contributed by atoms with van der Waals surface area (Å²) in [5.41, 5.74) is 8.48. The molecule has 1 aliphatic heterocycles. The second-order valence-corrected chi connectivity index (χ2v) is 5.61. The molecule has 0 bridgehead atoms. The van der Waals surface area contributed by atoms with Gasteiger partial charge in [0.15, 0.2) is 11.5 Å². The van der Waals surface area contributed by atoms with Gasteiger partial charge in [-0.3, -0.25) is 0 Å². The maximum Gasteiger partial charge on any atom is 0.161 e. The fraction of sp³-hybridized carbons (Fsp3) is 0.600. The van der Waals surface area contributed by atoms with E-state index in [-0.39, 0.29) is 0 Å². The van der Waals surface area contributed by atoms with Crippen molar-refractivity contribution in [3.8, 4) is 11.5 Å². The molecule has 4 nitrogen and oxygen atoms in total. The molecule has 1 aliphatic carbocycles. The Morgan fingerprint density at radius 1 is 1.21 bits per heavy atom. The van der Waals surface area contributed by atoms with Gasteiger partial charge in [-0.2, -0.15) is 0 Å². The number of nitrogens with two attached hydrogens (primary N) is 1. The summed E-state index contributed by atoms with van der Waals surface area (Å²) < 4.78 is 11.3. The monoisotopic (exact) mass is 262 g/mol. The van der Waals surface area contributed by atoms with E-state index in [0.29, 0.717) is 31.2 Å². The minimum Gasteiger partial charge on any atom is -0.486 e. The van der Waals surface area contributed by atoms with Crippen LogP contribution in [0.15, 0.2) is 12.1 Å². The zero-order valence-corrected chi connectivity index (χ0v) is 11.6. The van der Waals surface area contributed by atoms with Gasteiger partial charge >= 0.3 is 0 Å². The fourth-order valence-electron chi connectivity index (χ4n) is 3.17.